The summed E-state index contributed by atoms with van der Waals surface area (Å²) in [6.07, 6.45) is 2.61. The van der Waals surface area contributed by atoms with Gasteiger partial charge in [0.05, 0.1) is 0 Å². The SMILES string of the molecule is CCNCC1CCCN(C)C1c1ccc(Cl)cc1. The van der Waals surface area contributed by atoms with Gasteiger partial charge < -0.3 is 5.32 Å². The highest BCUT2D eigenvalue weighted by Crippen LogP contribution is 2.34. The summed E-state index contributed by atoms with van der Waals surface area (Å²) >= 11 is 5.98. The second-order valence-corrected chi connectivity index (χ2v) is 5.62. The molecule has 2 unspecified atom stereocenters. The Morgan fingerprint density at radius 1 is 1.33 bits per heavy atom. The van der Waals surface area contributed by atoms with Crippen molar-refractivity contribution in [2.75, 3.05) is 26.7 Å². The number of piperidine rings is 1. The van der Waals surface area contributed by atoms with Crippen molar-refractivity contribution in [2.45, 2.75) is 25.8 Å². The number of hydrogen-bond acceptors (Lipinski definition) is 2. The maximum absolute atomic E-state index is 5.98. The molecular formula is C15H23ClN2. The van der Waals surface area contributed by atoms with E-state index in [1.54, 1.807) is 0 Å². The van der Waals surface area contributed by atoms with E-state index in [1.165, 1.54) is 24.9 Å². The molecule has 0 aromatic heterocycles. The number of hydrogen-bond donors (Lipinski definition) is 1. The Labute approximate surface area is 115 Å². The van der Waals surface area contributed by atoms with Gasteiger partial charge >= 0.3 is 0 Å². The van der Waals surface area contributed by atoms with Crippen LogP contribution in [0.2, 0.25) is 5.02 Å². The lowest BCUT2D eigenvalue weighted by Crippen LogP contribution is -2.40. The third-order valence-electron chi connectivity index (χ3n) is 3.88. The normalized spacial score (nSPS) is 25.3. The van der Waals surface area contributed by atoms with E-state index in [9.17, 15) is 0 Å². The van der Waals surface area contributed by atoms with Gasteiger partial charge in [-0.15, -0.1) is 0 Å². The Kier molecular flexibility index (Phi) is 5.04. The van der Waals surface area contributed by atoms with E-state index in [4.69, 9.17) is 11.6 Å². The monoisotopic (exact) mass is 266 g/mol. The molecule has 1 N–H and O–H groups in total. The maximum Gasteiger partial charge on any atom is 0.0406 e. The average Bonchev–Trinajstić information content (AvgIpc) is 2.38. The lowest BCUT2D eigenvalue weighted by atomic mass is 9.85. The van der Waals surface area contributed by atoms with E-state index >= 15 is 0 Å². The summed E-state index contributed by atoms with van der Waals surface area (Å²) in [6, 6.07) is 8.88. The van der Waals surface area contributed by atoms with Gasteiger partial charge in [-0.3, -0.25) is 4.90 Å². The molecule has 1 aromatic rings. The minimum Gasteiger partial charge on any atom is -0.317 e. The van der Waals surface area contributed by atoms with Crippen LogP contribution in [-0.4, -0.2) is 31.6 Å². The van der Waals surface area contributed by atoms with Crippen LogP contribution in [0.5, 0.6) is 0 Å². The van der Waals surface area contributed by atoms with E-state index in [-0.39, 0.29) is 0 Å². The van der Waals surface area contributed by atoms with Crippen LogP contribution in [0.1, 0.15) is 31.4 Å². The first-order chi connectivity index (χ1) is 8.72. The highest BCUT2D eigenvalue weighted by Gasteiger charge is 2.29. The Morgan fingerprint density at radius 2 is 2.06 bits per heavy atom. The fraction of sp³-hybridized carbons (Fsp3) is 0.600. The molecule has 1 aromatic carbocycles. The minimum atomic E-state index is 0.523. The first kappa shape index (κ1) is 13.9. The molecule has 1 aliphatic heterocycles. The summed E-state index contributed by atoms with van der Waals surface area (Å²) in [6.45, 7) is 5.52. The number of halogens is 1. The molecule has 0 spiro atoms. The van der Waals surface area contributed by atoms with Crippen molar-refractivity contribution < 1.29 is 0 Å². The van der Waals surface area contributed by atoms with Crippen LogP contribution < -0.4 is 5.32 Å². The van der Waals surface area contributed by atoms with Crippen LogP contribution in [0.15, 0.2) is 24.3 Å². The largest absolute Gasteiger partial charge is 0.317 e. The van der Waals surface area contributed by atoms with E-state index in [0.29, 0.717) is 12.0 Å². The van der Waals surface area contributed by atoms with Crippen LogP contribution in [0.3, 0.4) is 0 Å². The summed E-state index contributed by atoms with van der Waals surface area (Å²) in [5.41, 5.74) is 1.39. The summed E-state index contributed by atoms with van der Waals surface area (Å²) in [4.78, 5) is 2.48. The van der Waals surface area contributed by atoms with Gasteiger partial charge in [-0.05, 0) is 63.1 Å². The number of nitrogens with one attached hydrogen (secondary N) is 1. The van der Waals surface area contributed by atoms with Gasteiger partial charge in [-0.25, -0.2) is 0 Å². The van der Waals surface area contributed by atoms with Crippen LogP contribution in [0, 0.1) is 5.92 Å². The van der Waals surface area contributed by atoms with Crippen LogP contribution in [0.25, 0.3) is 0 Å². The van der Waals surface area contributed by atoms with Gasteiger partial charge in [-0.1, -0.05) is 30.7 Å². The van der Waals surface area contributed by atoms with Crippen molar-refractivity contribution in [1.82, 2.24) is 10.2 Å². The number of nitrogens with zero attached hydrogens (tertiary/aromatic N) is 1. The lowest BCUT2D eigenvalue weighted by molar-refractivity contribution is 0.120. The molecule has 1 saturated heterocycles. The summed E-state index contributed by atoms with van der Waals surface area (Å²) in [5, 5.41) is 4.32. The quantitative estimate of drug-likeness (QED) is 0.899. The molecule has 0 bridgehead atoms. The molecule has 2 rings (SSSR count). The van der Waals surface area contributed by atoms with Crippen molar-refractivity contribution in [2.24, 2.45) is 5.92 Å². The minimum absolute atomic E-state index is 0.523. The number of likely N-dealkylation sites (tertiary alicyclic amines) is 1. The molecule has 0 aliphatic carbocycles. The van der Waals surface area contributed by atoms with Crippen molar-refractivity contribution in [1.29, 1.82) is 0 Å². The topological polar surface area (TPSA) is 15.3 Å². The molecule has 18 heavy (non-hydrogen) atoms. The lowest BCUT2D eigenvalue weighted by Gasteiger charge is -2.39. The molecule has 0 amide bonds. The van der Waals surface area contributed by atoms with Gasteiger partial charge in [0.2, 0.25) is 0 Å². The van der Waals surface area contributed by atoms with Crippen LogP contribution in [0.4, 0.5) is 0 Å². The van der Waals surface area contributed by atoms with E-state index in [0.717, 1.165) is 18.1 Å². The smallest absolute Gasteiger partial charge is 0.0406 e. The first-order valence-corrected chi connectivity index (χ1v) is 7.26. The Balaban J connectivity index is 2.15. The molecule has 3 heteroatoms. The third-order valence-corrected chi connectivity index (χ3v) is 4.13. The number of rotatable bonds is 4. The van der Waals surface area contributed by atoms with Gasteiger partial charge in [0.15, 0.2) is 0 Å². The average molecular weight is 267 g/mol. The van der Waals surface area contributed by atoms with Crippen molar-refractivity contribution in [3.63, 3.8) is 0 Å². The van der Waals surface area contributed by atoms with Crippen molar-refractivity contribution in [3.8, 4) is 0 Å². The van der Waals surface area contributed by atoms with Crippen LogP contribution >= 0.6 is 11.6 Å². The molecule has 2 atom stereocenters. The van der Waals surface area contributed by atoms with Crippen molar-refractivity contribution >= 4 is 11.6 Å². The molecule has 1 heterocycles. The molecule has 1 aliphatic rings. The van der Waals surface area contributed by atoms with Gasteiger partial charge in [-0.2, -0.15) is 0 Å². The first-order valence-electron chi connectivity index (χ1n) is 6.88. The maximum atomic E-state index is 5.98. The zero-order valence-corrected chi connectivity index (χ0v) is 12.1. The second kappa shape index (κ2) is 6.55. The summed E-state index contributed by atoms with van der Waals surface area (Å²) in [5.74, 6) is 0.699. The van der Waals surface area contributed by atoms with E-state index in [2.05, 4.69) is 36.3 Å². The van der Waals surface area contributed by atoms with Crippen molar-refractivity contribution in [3.05, 3.63) is 34.9 Å². The molecule has 1 fully saturated rings. The molecule has 100 valence electrons. The zero-order valence-electron chi connectivity index (χ0n) is 11.3. The highest BCUT2D eigenvalue weighted by atomic mass is 35.5. The Hall–Kier alpha value is -0.570. The summed E-state index contributed by atoms with van der Waals surface area (Å²) < 4.78 is 0. The molecule has 2 nitrogen and oxygen atoms in total. The molecule has 0 radical (unpaired) electrons. The van der Waals surface area contributed by atoms with Gasteiger partial charge in [0.25, 0.3) is 0 Å². The highest BCUT2D eigenvalue weighted by molar-refractivity contribution is 6.30. The Morgan fingerprint density at radius 3 is 2.72 bits per heavy atom. The number of benzene rings is 1. The fourth-order valence-electron chi connectivity index (χ4n) is 2.99. The molecule has 0 saturated carbocycles. The van der Waals surface area contributed by atoms with E-state index in [1.807, 2.05) is 12.1 Å². The standard InChI is InChI=1S/C15H23ClN2/c1-3-17-11-13-5-4-10-18(2)15(13)12-6-8-14(16)9-7-12/h6-9,13,15,17H,3-5,10-11H2,1-2H3. The second-order valence-electron chi connectivity index (χ2n) is 5.19. The fourth-order valence-corrected chi connectivity index (χ4v) is 3.12. The molecular weight excluding hydrogens is 244 g/mol. The van der Waals surface area contributed by atoms with Gasteiger partial charge in [0, 0.05) is 11.1 Å². The Bertz CT molecular complexity index is 363. The predicted octanol–water partition coefficient (Wildman–Crippen LogP) is 3.33. The zero-order chi connectivity index (χ0) is 13.0. The van der Waals surface area contributed by atoms with Crippen LogP contribution in [-0.2, 0) is 0 Å². The van der Waals surface area contributed by atoms with E-state index < -0.39 is 0 Å². The summed E-state index contributed by atoms with van der Waals surface area (Å²) in [7, 11) is 2.23. The predicted molar refractivity (Wildman–Crippen MR) is 78.1 cm³/mol. The third kappa shape index (κ3) is 3.25. The van der Waals surface area contributed by atoms with Gasteiger partial charge in [0.1, 0.15) is 0 Å².